The molecular weight excluding hydrogens is 248 g/mol. The van der Waals surface area contributed by atoms with Gasteiger partial charge >= 0.3 is 0 Å². The van der Waals surface area contributed by atoms with E-state index in [0.717, 1.165) is 25.3 Å². The van der Waals surface area contributed by atoms with Gasteiger partial charge in [0, 0.05) is 12.6 Å². The average Bonchev–Trinajstić information content (AvgIpc) is 2.37. The molecule has 0 radical (unpaired) electrons. The number of nitrogens with two attached hydrogens (primary N) is 1. The summed E-state index contributed by atoms with van der Waals surface area (Å²) in [7, 11) is 4.17. The van der Waals surface area contributed by atoms with Gasteiger partial charge in [-0.15, -0.1) is 0 Å². The van der Waals surface area contributed by atoms with Crippen molar-refractivity contribution in [3.63, 3.8) is 0 Å². The number of hydrogen-bond donors (Lipinski definition) is 3. The lowest BCUT2D eigenvalue weighted by Crippen LogP contribution is -2.15. The fourth-order valence-electron chi connectivity index (χ4n) is 1.45. The van der Waals surface area contributed by atoms with Gasteiger partial charge in [-0.05, 0) is 39.7 Å². The van der Waals surface area contributed by atoms with E-state index in [0.29, 0.717) is 11.0 Å². The maximum Gasteiger partial charge on any atom is 0.191 e. The zero-order chi connectivity index (χ0) is 13.4. The minimum absolute atomic E-state index is 0.630. The molecule has 4 N–H and O–H groups in total. The van der Waals surface area contributed by atoms with Crippen LogP contribution in [-0.2, 0) is 0 Å². The molecule has 0 fully saturated rings. The summed E-state index contributed by atoms with van der Waals surface area (Å²) in [5.41, 5.74) is 2.55. The summed E-state index contributed by atoms with van der Waals surface area (Å²) in [6, 6.07) is 1.81. The van der Waals surface area contributed by atoms with E-state index in [1.807, 2.05) is 12.3 Å². The Hall–Kier alpha value is -1.05. The first-order valence-corrected chi connectivity index (χ1v) is 7.16. The van der Waals surface area contributed by atoms with E-state index in [4.69, 9.17) is 5.84 Å². The molecule has 0 bridgehead atoms. The topological polar surface area (TPSA) is 79.1 Å². The molecule has 0 aromatic carbocycles. The molecule has 0 saturated carbocycles. The molecule has 1 heterocycles. The number of nitrogens with one attached hydrogen (secondary N) is 2. The first-order chi connectivity index (χ1) is 8.65. The van der Waals surface area contributed by atoms with E-state index in [2.05, 4.69) is 39.7 Å². The largest absolute Gasteiger partial charge is 0.370 e. The lowest BCUT2D eigenvalue weighted by atomic mass is 10.3. The molecule has 6 nitrogen and oxygen atoms in total. The molecule has 0 unspecified atom stereocenters. The van der Waals surface area contributed by atoms with Gasteiger partial charge in [0.05, 0.1) is 0 Å². The Labute approximate surface area is 113 Å². The van der Waals surface area contributed by atoms with Crippen molar-refractivity contribution < 1.29 is 0 Å². The van der Waals surface area contributed by atoms with E-state index in [1.165, 1.54) is 18.2 Å². The van der Waals surface area contributed by atoms with Crippen LogP contribution in [0.15, 0.2) is 11.2 Å². The lowest BCUT2D eigenvalue weighted by Gasteiger charge is -2.10. The Morgan fingerprint density at radius 3 is 2.61 bits per heavy atom. The molecule has 7 heteroatoms. The summed E-state index contributed by atoms with van der Waals surface area (Å²) in [5, 5.41) is 4.00. The van der Waals surface area contributed by atoms with Crippen LogP contribution in [0.25, 0.3) is 0 Å². The van der Waals surface area contributed by atoms with Crippen LogP contribution in [0.4, 0.5) is 11.6 Å². The second kappa shape index (κ2) is 8.12. The van der Waals surface area contributed by atoms with Crippen molar-refractivity contribution in [2.75, 3.05) is 44.2 Å². The second-order valence-electron chi connectivity index (χ2n) is 4.21. The van der Waals surface area contributed by atoms with Crippen molar-refractivity contribution in [3.8, 4) is 0 Å². The number of hydrogen-bond acceptors (Lipinski definition) is 7. The van der Waals surface area contributed by atoms with Crippen LogP contribution in [0.2, 0.25) is 0 Å². The number of thioether (sulfide) groups is 1. The van der Waals surface area contributed by atoms with Crippen LogP contribution < -0.4 is 16.6 Å². The van der Waals surface area contributed by atoms with Crippen LogP contribution in [0, 0.1) is 0 Å². The molecule has 1 aromatic rings. The fourth-order valence-corrected chi connectivity index (χ4v) is 1.83. The Morgan fingerprint density at radius 2 is 2.00 bits per heavy atom. The minimum atomic E-state index is 0.630. The number of nitrogen functional groups attached to an aromatic ring is 1. The minimum Gasteiger partial charge on any atom is -0.370 e. The summed E-state index contributed by atoms with van der Waals surface area (Å²) in [6.07, 6.45) is 4.22. The van der Waals surface area contributed by atoms with Gasteiger partial charge in [0.1, 0.15) is 11.6 Å². The van der Waals surface area contributed by atoms with Crippen LogP contribution in [0.3, 0.4) is 0 Å². The van der Waals surface area contributed by atoms with Crippen molar-refractivity contribution in [3.05, 3.63) is 6.07 Å². The molecule has 1 aromatic heterocycles. The van der Waals surface area contributed by atoms with Gasteiger partial charge in [-0.25, -0.2) is 15.8 Å². The Kier molecular flexibility index (Phi) is 6.77. The number of nitrogens with zero attached hydrogens (tertiary/aromatic N) is 3. The van der Waals surface area contributed by atoms with Gasteiger partial charge in [-0.2, -0.15) is 0 Å². The quantitative estimate of drug-likeness (QED) is 0.216. The first kappa shape index (κ1) is 15.0. The number of rotatable bonds is 8. The number of hydrazine groups is 1. The van der Waals surface area contributed by atoms with Crippen LogP contribution >= 0.6 is 11.8 Å². The van der Waals surface area contributed by atoms with Crippen LogP contribution in [0.1, 0.15) is 12.8 Å². The summed E-state index contributed by atoms with van der Waals surface area (Å²) in [5.74, 6) is 6.81. The fraction of sp³-hybridized carbons (Fsp3) is 0.636. The molecule has 1 rings (SSSR count). The normalized spacial score (nSPS) is 10.7. The standard InChI is InChI=1S/C11H22N6S/c1-17(2)7-5-4-6-13-9-8-10(16-12)15-11(14-9)18-3/h8H,4-7,12H2,1-3H3,(H2,13,14,15,16). The van der Waals surface area contributed by atoms with E-state index in [1.54, 1.807) is 0 Å². The molecular formula is C11H22N6S. The summed E-state index contributed by atoms with van der Waals surface area (Å²) in [6.45, 7) is 2.01. The lowest BCUT2D eigenvalue weighted by molar-refractivity contribution is 0.396. The van der Waals surface area contributed by atoms with Crippen molar-refractivity contribution in [1.29, 1.82) is 0 Å². The molecule has 18 heavy (non-hydrogen) atoms. The Morgan fingerprint density at radius 1 is 1.28 bits per heavy atom. The van der Waals surface area contributed by atoms with Crippen molar-refractivity contribution in [2.24, 2.45) is 5.84 Å². The molecule has 0 aliphatic rings. The van der Waals surface area contributed by atoms with E-state index in [-0.39, 0.29) is 0 Å². The van der Waals surface area contributed by atoms with Gasteiger partial charge in [0.2, 0.25) is 0 Å². The highest BCUT2D eigenvalue weighted by atomic mass is 32.2. The zero-order valence-corrected chi connectivity index (χ0v) is 12.0. The maximum atomic E-state index is 5.37. The summed E-state index contributed by atoms with van der Waals surface area (Å²) in [4.78, 5) is 10.8. The van der Waals surface area contributed by atoms with Crippen molar-refractivity contribution in [2.45, 2.75) is 18.0 Å². The summed E-state index contributed by atoms with van der Waals surface area (Å²) < 4.78 is 0. The smallest absolute Gasteiger partial charge is 0.191 e. The third-order valence-electron chi connectivity index (χ3n) is 2.37. The second-order valence-corrected chi connectivity index (χ2v) is 4.98. The summed E-state index contributed by atoms with van der Waals surface area (Å²) >= 11 is 1.50. The monoisotopic (exact) mass is 270 g/mol. The van der Waals surface area contributed by atoms with Crippen molar-refractivity contribution in [1.82, 2.24) is 14.9 Å². The molecule has 0 spiro atoms. The van der Waals surface area contributed by atoms with Gasteiger partial charge in [0.25, 0.3) is 0 Å². The third kappa shape index (κ3) is 5.52. The average molecular weight is 270 g/mol. The number of anilines is 2. The van der Waals surface area contributed by atoms with Crippen LogP contribution in [0.5, 0.6) is 0 Å². The predicted octanol–water partition coefficient (Wildman–Crippen LogP) is 1.24. The number of aromatic nitrogens is 2. The SMILES string of the molecule is CSc1nc(NN)cc(NCCCCN(C)C)n1. The van der Waals surface area contributed by atoms with Crippen molar-refractivity contribution >= 4 is 23.4 Å². The highest BCUT2D eigenvalue weighted by molar-refractivity contribution is 7.98. The van der Waals surface area contributed by atoms with Gasteiger partial charge in [0.15, 0.2) is 5.16 Å². The van der Waals surface area contributed by atoms with E-state index >= 15 is 0 Å². The molecule has 0 saturated heterocycles. The molecule has 0 amide bonds. The molecule has 102 valence electrons. The van der Waals surface area contributed by atoms with Gasteiger partial charge in [-0.3, -0.25) is 0 Å². The Bertz CT molecular complexity index is 335. The Balaban J connectivity index is 2.41. The van der Waals surface area contributed by atoms with E-state index < -0.39 is 0 Å². The van der Waals surface area contributed by atoms with Gasteiger partial charge < -0.3 is 15.6 Å². The zero-order valence-electron chi connectivity index (χ0n) is 11.2. The molecule has 0 atom stereocenters. The number of unbranched alkanes of at least 4 members (excludes halogenated alkanes) is 1. The highest BCUT2D eigenvalue weighted by Crippen LogP contribution is 2.16. The van der Waals surface area contributed by atoms with E-state index in [9.17, 15) is 0 Å². The molecule has 0 aliphatic heterocycles. The highest BCUT2D eigenvalue weighted by Gasteiger charge is 2.02. The molecule has 0 aliphatic carbocycles. The van der Waals surface area contributed by atoms with Gasteiger partial charge in [-0.1, -0.05) is 11.8 Å². The maximum absolute atomic E-state index is 5.37. The first-order valence-electron chi connectivity index (χ1n) is 5.94. The van der Waals surface area contributed by atoms with Crippen LogP contribution in [-0.4, -0.2) is 48.3 Å². The third-order valence-corrected chi connectivity index (χ3v) is 2.92. The predicted molar refractivity (Wildman–Crippen MR) is 77.9 cm³/mol.